The highest BCUT2D eigenvalue weighted by atomic mass is 32.1. The molecular weight excluding hydrogens is 266 g/mol. The summed E-state index contributed by atoms with van der Waals surface area (Å²) < 4.78 is 5.91. The lowest BCUT2D eigenvalue weighted by atomic mass is 10.0. The summed E-state index contributed by atoms with van der Waals surface area (Å²) in [5, 5.41) is 5.68. The molecule has 0 saturated carbocycles. The van der Waals surface area contributed by atoms with Gasteiger partial charge in [-0.25, -0.2) is 0 Å². The second kappa shape index (κ2) is 5.23. The summed E-state index contributed by atoms with van der Waals surface area (Å²) in [6.45, 7) is 8.31. The average molecular weight is 287 g/mol. The molecule has 2 heterocycles. The van der Waals surface area contributed by atoms with Gasteiger partial charge in [-0.1, -0.05) is 12.1 Å². The molecule has 0 bridgehead atoms. The molecule has 1 N–H and O–H groups in total. The van der Waals surface area contributed by atoms with Crippen LogP contribution in [0.4, 0.5) is 0 Å². The number of ether oxygens (including phenoxy) is 1. The molecule has 0 atom stereocenters. The molecule has 3 rings (SSSR count). The molecule has 0 radical (unpaired) electrons. The normalized spacial score (nSPS) is 15.9. The predicted octanol–water partition coefficient (Wildman–Crippen LogP) is 4.06. The fourth-order valence-electron chi connectivity index (χ4n) is 2.68. The second-order valence-corrected chi connectivity index (χ2v) is 7.11. The Morgan fingerprint density at radius 1 is 1.25 bits per heavy atom. The molecule has 0 amide bonds. The molecule has 0 fully saturated rings. The van der Waals surface area contributed by atoms with E-state index in [1.807, 2.05) is 11.3 Å². The first-order valence-corrected chi connectivity index (χ1v) is 7.96. The summed E-state index contributed by atoms with van der Waals surface area (Å²) in [6, 6.07) is 8.72. The maximum Gasteiger partial charge on any atom is 0.123 e. The van der Waals surface area contributed by atoms with Crippen LogP contribution in [0.15, 0.2) is 29.6 Å². The van der Waals surface area contributed by atoms with Crippen LogP contribution in [-0.2, 0) is 19.5 Å². The molecule has 3 heteroatoms. The number of rotatable bonds is 4. The van der Waals surface area contributed by atoms with Crippen molar-refractivity contribution in [2.24, 2.45) is 0 Å². The highest BCUT2D eigenvalue weighted by molar-refractivity contribution is 7.10. The summed E-state index contributed by atoms with van der Waals surface area (Å²) in [5.74, 6) is 1.05. The minimum atomic E-state index is -0.0531. The molecule has 1 aromatic heterocycles. The largest absolute Gasteiger partial charge is 0.487 e. The second-order valence-electron chi connectivity index (χ2n) is 6.11. The average Bonchev–Trinajstić information content (AvgIpc) is 2.91. The number of benzene rings is 1. The zero-order valence-electron chi connectivity index (χ0n) is 12.3. The van der Waals surface area contributed by atoms with Crippen LogP contribution in [0.25, 0.3) is 0 Å². The Morgan fingerprint density at radius 2 is 2.10 bits per heavy atom. The van der Waals surface area contributed by atoms with Gasteiger partial charge in [0.25, 0.3) is 0 Å². The Morgan fingerprint density at radius 3 is 2.85 bits per heavy atom. The third-order valence-electron chi connectivity index (χ3n) is 3.71. The lowest BCUT2D eigenvalue weighted by Crippen LogP contribution is -2.24. The molecule has 1 aromatic carbocycles. The van der Waals surface area contributed by atoms with Crippen LogP contribution in [-0.4, -0.2) is 5.60 Å². The third kappa shape index (κ3) is 2.89. The molecule has 1 aliphatic heterocycles. The van der Waals surface area contributed by atoms with Crippen LogP contribution >= 0.6 is 11.3 Å². The van der Waals surface area contributed by atoms with Crippen molar-refractivity contribution in [2.45, 2.75) is 45.9 Å². The fourth-order valence-corrected chi connectivity index (χ4v) is 3.55. The molecular formula is C17H21NOS. The number of aryl methyl sites for hydroxylation is 1. The summed E-state index contributed by atoms with van der Waals surface area (Å²) in [6.07, 6.45) is 1.00. The Hall–Kier alpha value is -1.32. The van der Waals surface area contributed by atoms with Gasteiger partial charge in [0.1, 0.15) is 11.4 Å². The minimum absolute atomic E-state index is 0.0531. The van der Waals surface area contributed by atoms with Crippen molar-refractivity contribution < 1.29 is 4.74 Å². The van der Waals surface area contributed by atoms with Gasteiger partial charge in [0.05, 0.1) is 0 Å². The molecule has 1 aliphatic rings. The number of hydrogen-bond acceptors (Lipinski definition) is 3. The molecule has 0 aliphatic carbocycles. The van der Waals surface area contributed by atoms with Crippen molar-refractivity contribution in [3.8, 4) is 5.75 Å². The predicted molar refractivity (Wildman–Crippen MR) is 84.5 cm³/mol. The van der Waals surface area contributed by atoms with Crippen molar-refractivity contribution in [2.75, 3.05) is 0 Å². The van der Waals surface area contributed by atoms with Gasteiger partial charge in [-0.15, -0.1) is 11.3 Å². The Balaban J connectivity index is 1.61. The quantitative estimate of drug-likeness (QED) is 0.915. The van der Waals surface area contributed by atoms with E-state index in [9.17, 15) is 0 Å². The standard InChI is InChI=1S/C17H21NOS/c1-12-6-7-20-16(12)11-18-10-13-4-5-15-14(8-13)9-17(2,3)19-15/h4-8,18H,9-11H2,1-3H3. The molecule has 0 spiro atoms. The Labute approximate surface area is 124 Å². The van der Waals surface area contributed by atoms with Crippen molar-refractivity contribution >= 4 is 11.3 Å². The molecule has 20 heavy (non-hydrogen) atoms. The first kappa shape index (κ1) is 13.7. The van der Waals surface area contributed by atoms with Crippen molar-refractivity contribution in [3.63, 3.8) is 0 Å². The summed E-state index contributed by atoms with van der Waals surface area (Å²) in [4.78, 5) is 1.43. The van der Waals surface area contributed by atoms with Crippen molar-refractivity contribution in [1.82, 2.24) is 5.32 Å². The monoisotopic (exact) mass is 287 g/mol. The van der Waals surface area contributed by atoms with Gasteiger partial charge in [-0.3, -0.25) is 0 Å². The van der Waals surface area contributed by atoms with E-state index in [-0.39, 0.29) is 5.60 Å². The maximum atomic E-state index is 5.91. The van der Waals surface area contributed by atoms with E-state index in [0.29, 0.717) is 0 Å². The van der Waals surface area contributed by atoms with Gasteiger partial charge in [0.2, 0.25) is 0 Å². The summed E-state index contributed by atoms with van der Waals surface area (Å²) >= 11 is 1.82. The van der Waals surface area contributed by atoms with Gasteiger partial charge in [0.15, 0.2) is 0 Å². The zero-order valence-corrected chi connectivity index (χ0v) is 13.1. The van der Waals surface area contributed by atoms with Gasteiger partial charge in [0, 0.05) is 24.4 Å². The van der Waals surface area contributed by atoms with Crippen LogP contribution in [0.2, 0.25) is 0 Å². The van der Waals surface area contributed by atoms with E-state index in [4.69, 9.17) is 4.74 Å². The number of fused-ring (bicyclic) bond motifs is 1. The third-order valence-corrected chi connectivity index (χ3v) is 4.73. The van der Waals surface area contributed by atoms with Gasteiger partial charge < -0.3 is 10.1 Å². The van der Waals surface area contributed by atoms with E-state index < -0.39 is 0 Å². The maximum absolute atomic E-state index is 5.91. The first-order chi connectivity index (χ1) is 9.53. The Kier molecular flexibility index (Phi) is 3.57. The summed E-state index contributed by atoms with van der Waals surface area (Å²) in [7, 11) is 0. The SMILES string of the molecule is Cc1ccsc1CNCc1ccc2c(c1)CC(C)(C)O2. The van der Waals surface area contributed by atoms with E-state index in [1.54, 1.807) is 0 Å². The molecule has 106 valence electrons. The lowest BCUT2D eigenvalue weighted by Gasteiger charge is -2.16. The molecule has 2 aromatic rings. The van der Waals surface area contributed by atoms with Gasteiger partial charge >= 0.3 is 0 Å². The van der Waals surface area contributed by atoms with Crippen LogP contribution in [0.1, 0.15) is 35.4 Å². The van der Waals surface area contributed by atoms with Gasteiger partial charge in [-0.05, 0) is 55.0 Å². The van der Waals surface area contributed by atoms with Gasteiger partial charge in [-0.2, -0.15) is 0 Å². The molecule has 0 saturated heterocycles. The van der Waals surface area contributed by atoms with E-state index >= 15 is 0 Å². The van der Waals surface area contributed by atoms with E-state index in [1.165, 1.54) is 21.6 Å². The van der Waals surface area contributed by atoms with E-state index in [2.05, 4.69) is 55.7 Å². The van der Waals surface area contributed by atoms with E-state index in [0.717, 1.165) is 25.3 Å². The highest BCUT2D eigenvalue weighted by Crippen LogP contribution is 2.35. The van der Waals surface area contributed by atoms with Crippen molar-refractivity contribution in [1.29, 1.82) is 0 Å². The topological polar surface area (TPSA) is 21.3 Å². The highest BCUT2D eigenvalue weighted by Gasteiger charge is 2.29. The van der Waals surface area contributed by atoms with Crippen LogP contribution < -0.4 is 10.1 Å². The smallest absolute Gasteiger partial charge is 0.123 e. The van der Waals surface area contributed by atoms with Crippen LogP contribution in [0.3, 0.4) is 0 Å². The summed E-state index contributed by atoms with van der Waals surface area (Å²) in [5.41, 5.74) is 4.00. The van der Waals surface area contributed by atoms with Crippen LogP contribution in [0, 0.1) is 6.92 Å². The number of nitrogens with one attached hydrogen (secondary N) is 1. The zero-order chi connectivity index (χ0) is 14.2. The lowest BCUT2D eigenvalue weighted by molar-refractivity contribution is 0.138. The number of hydrogen-bond donors (Lipinski definition) is 1. The Bertz CT molecular complexity index is 615. The number of thiophene rings is 1. The first-order valence-electron chi connectivity index (χ1n) is 7.08. The minimum Gasteiger partial charge on any atom is -0.487 e. The van der Waals surface area contributed by atoms with Crippen molar-refractivity contribution in [3.05, 3.63) is 51.2 Å². The fraction of sp³-hybridized carbons (Fsp3) is 0.412. The van der Waals surface area contributed by atoms with Crippen LogP contribution in [0.5, 0.6) is 5.75 Å². The molecule has 0 unspecified atom stereocenters. The molecule has 2 nitrogen and oxygen atoms in total.